The molecule has 9 heteroatoms. The lowest BCUT2D eigenvalue weighted by Crippen LogP contribution is -2.39. The Morgan fingerprint density at radius 1 is 1.23 bits per heavy atom. The molecule has 2 aromatic carbocycles. The first-order valence-electron chi connectivity index (χ1n) is 9.60. The monoisotopic (exact) mass is 410 g/mol. The molecule has 0 radical (unpaired) electrons. The number of ether oxygens (including phenoxy) is 1. The highest BCUT2D eigenvalue weighted by molar-refractivity contribution is 6.01. The van der Waals surface area contributed by atoms with Crippen LogP contribution in [-0.2, 0) is 4.74 Å². The molecule has 9 nitrogen and oxygen atoms in total. The van der Waals surface area contributed by atoms with E-state index in [1.165, 1.54) is 10.8 Å². The van der Waals surface area contributed by atoms with Crippen molar-refractivity contribution in [3.8, 4) is 0 Å². The summed E-state index contributed by atoms with van der Waals surface area (Å²) in [7, 11) is 0. The number of aryl methyl sites for hydroxylation is 1. The van der Waals surface area contributed by atoms with Crippen molar-refractivity contribution in [3.63, 3.8) is 0 Å². The number of rotatable bonds is 4. The number of carbonyl (C=O) groups excluding carboxylic acids is 1. The van der Waals surface area contributed by atoms with Gasteiger partial charge in [0.25, 0.3) is 5.56 Å². The molecule has 4 N–H and O–H groups in total. The number of fused-ring (bicyclic) bond motifs is 1. The number of aliphatic hydroxyl groups is 1. The highest BCUT2D eigenvalue weighted by Gasteiger charge is 2.35. The lowest BCUT2D eigenvalue weighted by Gasteiger charge is -2.17. The molecule has 0 aliphatic carbocycles. The Balaban J connectivity index is 1.39. The van der Waals surface area contributed by atoms with Gasteiger partial charge in [-0.25, -0.2) is 9.59 Å². The normalized spacial score (nSPS) is 20.9. The lowest BCUT2D eigenvalue weighted by atomic mass is 10.1. The number of benzene rings is 2. The number of urea groups is 1. The number of H-pyrrole nitrogens is 1. The minimum Gasteiger partial charge on any atom is -0.390 e. The standard InChI is InChI=1S/C21H22N4O5/c1-12-11-25(21(29)24-19(12)27)18-9-16(26)17(30-18)10-22-20(28)23-15-8-4-6-13-5-2-3-7-14(13)15/h2-8,11,16-18,26H,9-10H2,1H3,(H2,22,23,28)(H,24,27,29)/t16-,17+,18+/m0/s1. The molecular formula is C21H22N4O5. The van der Waals surface area contributed by atoms with Crippen LogP contribution in [0.25, 0.3) is 10.8 Å². The first kappa shape index (κ1) is 19.9. The number of aromatic nitrogens is 2. The molecule has 2 heterocycles. The minimum absolute atomic E-state index is 0.0609. The van der Waals surface area contributed by atoms with Crippen LogP contribution in [-0.4, -0.2) is 39.4 Å². The summed E-state index contributed by atoms with van der Waals surface area (Å²) in [5, 5.41) is 17.7. The van der Waals surface area contributed by atoms with Crippen molar-refractivity contribution in [1.82, 2.24) is 14.9 Å². The van der Waals surface area contributed by atoms with Gasteiger partial charge in [-0.2, -0.15) is 0 Å². The number of aromatic amines is 1. The first-order chi connectivity index (χ1) is 14.4. The van der Waals surface area contributed by atoms with Gasteiger partial charge in [-0.1, -0.05) is 36.4 Å². The van der Waals surface area contributed by atoms with Crippen LogP contribution in [0.3, 0.4) is 0 Å². The van der Waals surface area contributed by atoms with E-state index in [-0.39, 0.29) is 13.0 Å². The van der Waals surface area contributed by atoms with Crippen molar-refractivity contribution < 1.29 is 14.6 Å². The van der Waals surface area contributed by atoms with Crippen molar-refractivity contribution in [3.05, 3.63) is 75.1 Å². The number of nitrogens with one attached hydrogen (secondary N) is 3. The highest BCUT2D eigenvalue weighted by Crippen LogP contribution is 2.27. The molecule has 1 aromatic heterocycles. The molecule has 4 rings (SSSR count). The third-order valence-corrected chi connectivity index (χ3v) is 5.16. The van der Waals surface area contributed by atoms with Gasteiger partial charge < -0.3 is 20.5 Å². The Bertz CT molecular complexity index is 1200. The molecule has 2 amide bonds. The zero-order chi connectivity index (χ0) is 21.3. The van der Waals surface area contributed by atoms with Crippen molar-refractivity contribution in [2.75, 3.05) is 11.9 Å². The molecule has 0 spiro atoms. The maximum Gasteiger partial charge on any atom is 0.330 e. The number of hydrogen-bond donors (Lipinski definition) is 4. The van der Waals surface area contributed by atoms with Gasteiger partial charge in [0.1, 0.15) is 12.3 Å². The second-order valence-electron chi connectivity index (χ2n) is 7.27. The summed E-state index contributed by atoms with van der Waals surface area (Å²) in [4.78, 5) is 38.1. The van der Waals surface area contributed by atoms with E-state index < -0.39 is 35.7 Å². The molecule has 30 heavy (non-hydrogen) atoms. The summed E-state index contributed by atoms with van der Waals surface area (Å²) in [6.07, 6.45) is -0.708. The van der Waals surface area contributed by atoms with E-state index in [0.29, 0.717) is 11.3 Å². The molecule has 0 saturated carbocycles. The van der Waals surface area contributed by atoms with Gasteiger partial charge in [0.05, 0.1) is 11.8 Å². The smallest absolute Gasteiger partial charge is 0.330 e. The third-order valence-electron chi connectivity index (χ3n) is 5.16. The average Bonchev–Trinajstić information content (AvgIpc) is 3.10. The molecule has 156 valence electrons. The summed E-state index contributed by atoms with van der Waals surface area (Å²) in [6, 6.07) is 12.9. The van der Waals surface area contributed by atoms with Crippen molar-refractivity contribution in [1.29, 1.82) is 0 Å². The van der Waals surface area contributed by atoms with Gasteiger partial charge in [-0.3, -0.25) is 14.3 Å². The van der Waals surface area contributed by atoms with Gasteiger partial charge in [-0.15, -0.1) is 0 Å². The van der Waals surface area contributed by atoms with Crippen LogP contribution in [0.4, 0.5) is 10.5 Å². The Kier molecular flexibility index (Phi) is 5.39. The fourth-order valence-corrected chi connectivity index (χ4v) is 3.56. The maximum absolute atomic E-state index is 12.4. The Hall–Kier alpha value is -3.43. The van der Waals surface area contributed by atoms with Gasteiger partial charge >= 0.3 is 11.7 Å². The zero-order valence-electron chi connectivity index (χ0n) is 16.3. The van der Waals surface area contributed by atoms with E-state index in [2.05, 4.69) is 15.6 Å². The number of carbonyl (C=O) groups is 1. The molecule has 1 saturated heterocycles. The molecule has 3 atom stereocenters. The number of hydrogen-bond acceptors (Lipinski definition) is 5. The van der Waals surface area contributed by atoms with Crippen LogP contribution in [0.1, 0.15) is 18.2 Å². The van der Waals surface area contributed by atoms with Crippen LogP contribution < -0.4 is 21.9 Å². The Morgan fingerprint density at radius 3 is 2.83 bits per heavy atom. The molecule has 0 bridgehead atoms. The molecule has 1 aliphatic rings. The summed E-state index contributed by atoms with van der Waals surface area (Å²) < 4.78 is 7.00. The topological polar surface area (TPSA) is 125 Å². The Morgan fingerprint density at radius 2 is 2.00 bits per heavy atom. The van der Waals surface area contributed by atoms with Gasteiger partial charge in [0.15, 0.2) is 0 Å². The minimum atomic E-state index is -0.869. The SMILES string of the molecule is Cc1cn([C@H]2C[C@H](O)[C@@H](CNC(=O)Nc3cccc4ccccc34)O2)c(=O)[nH]c1=O. The lowest BCUT2D eigenvalue weighted by molar-refractivity contribution is -0.0178. The number of aliphatic hydroxyl groups excluding tert-OH is 1. The van der Waals surface area contributed by atoms with E-state index in [4.69, 9.17) is 4.74 Å². The third kappa shape index (κ3) is 3.98. The Labute approximate surface area is 171 Å². The van der Waals surface area contributed by atoms with E-state index in [9.17, 15) is 19.5 Å². The molecule has 0 unspecified atom stereocenters. The average molecular weight is 410 g/mol. The second-order valence-corrected chi connectivity index (χ2v) is 7.27. The van der Waals surface area contributed by atoms with Gasteiger partial charge in [-0.05, 0) is 18.4 Å². The van der Waals surface area contributed by atoms with Crippen LogP contribution in [0.15, 0.2) is 58.3 Å². The van der Waals surface area contributed by atoms with E-state index in [0.717, 1.165) is 10.8 Å². The van der Waals surface area contributed by atoms with Gasteiger partial charge in [0.2, 0.25) is 0 Å². The molecule has 3 aromatic rings. The van der Waals surface area contributed by atoms with Gasteiger partial charge in [0, 0.05) is 30.1 Å². The quantitative estimate of drug-likeness (QED) is 0.518. The molecule has 1 fully saturated rings. The fourth-order valence-electron chi connectivity index (χ4n) is 3.56. The number of amides is 2. The summed E-state index contributed by atoms with van der Waals surface area (Å²) >= 11 is 0. The summed E-state index contributed by atoms with van der Waals surface area (Å²) in [6.45, 7) is 1.64. The predicted molar refractivity (Wildman–Crippen MR) is 112 cm³/mol. The van der Waals surface area contributed by atoms with Crippen LogP contribution >= 0.6 is 0 Å². The van der Waals surface area contributed by atoms with Crippen LogP contribution in [0.5, 0.6) is 0 Å². The van der Waals surface area contributed by atoms with Crippen LogP contribution in [0.2, 0.25) is 0 Å². The number of anilines is 1. The highest BCUT2D eigenvalue weighted by atomic mass is 16.5. The van der Waals surface area contributed by atoms with E-state index in [1.807, 2.05) is 42.5 Å². The fraction of sp³-hybridized carbons (Fsp3) is 0.286. The van der Waals surface area contributed by atoms with E-state index in [1.54, 1.807) is 6.92 Å². The second kappa shape index (κ2) is 8.13. The van der Waals surface area contributed by atoms with Crippen molar-refractivity contribution in [2.45, 2.75) is 31.8 Å². The maximum atomic E-state index is 12.4. The molecule has 1 aliphatic heterocycles. The first-order valence-corrected chi connectivity index (χ1v) is 9.60. The van der Waals surface area contributed by atoms with Crippen molar-refractivity contribution in [2.24, 2.45) is 0 Å². The van der Waals surface area contributed by atoms with Crippen LogP contribution in [0, 0.1) is 6.92 Å². The largest absolute Gasteiger partial charge is 0.390 e. The van der Waals surface area contributed by atoms with Crippen molar-refractivity contribution >= 4 is 22.5 Å². The zero-order valence-corrected chi connectivity index (χ0v) is 16.3. The molecular weight excluding hydrogens is 388 g/mol. The predicted octanol–water partition coefficient (Wildman–Crippen LogP) is 1.47. The number of nitrogens with zero attached hydrogens (tertiary/aromatic N) is 1. The summed E-state index contributed by atoms with van der Waals surface area (Å²) in [5.74, 6) is 0. The summed E-state index contributed by atoms with van der Waals surface area (Å²) in [5.41, 5.74) is -0.0291. The van der Waals surface area contributed by atoms with E-state index >= 15 is 0 Å².